The first-order valence-corrected chi connectivity index (χ1v) is 14.4. The molecular formula is C25H31BrClN3O4S. The number of rotatable bonds is 7. The summed E-state index contributed by atoms with van der Waals surface area (Å²) in [6, 6.07) is 13.8. The van der Waals surface area contributed by atoms with Gasteiger partial charge in [0, 0.05) is 60.6 Å². The largest absolute Gasteiger partial charge is 0.493 e. The van der Waals surface area contributed by atoms with Crippen LogP contribution in [0.2, 0.25) is 5.02 Å². The number of carbonyl (C=O) groups is 1. The molecule has 2 aliphatic heterocycles. The number of carbonyl (C=O) groups excluding carboxylic acids is 1. The van der Waals surface area contributed by atoms with Gasteiger partial charge in [-0.05, 0) is 68.4 Å². The predicted octanol–water partition coefficient (Wildman–Crippen LogP) is 4.12. The predicted molar refractivity (Wildman–Crippen MR) is 140 cm³/mol. The van der Waals surface area contributed by atoms with E-state index in [1.54, 1.807) is 48.5 Å². The molecule has 0 aromatic heterocycles. The van der Waals surface area contributed by atoms with Gasteiger partial charge in [0.25, 0.3) is 0 Å². The highest BCUT2D eigenvalue weighted by atomic mass is 79.9. The third kappa shape index (κ3) is 6.57. The molecule has 2 aromatic rings. The van der Waals surface area contributed by atoms with Gasteiger partial charge in [-0.1, -0.05) is 27.5 Å². The van der Waals surface area contributed by atoms with Gasteiger partial charge >= 0.3 is 0 Å². The lowest BCUT2D eigenvalue weighted by molar-refractivity contribution is -0.136. The maximum Gasteiger partial charge on any atom is 0.243 e. The van der Waals surface area contributed by atoms with Crippen molar-refractivity contribution < 1.29 is 17.9 Å². The minimum absolute atomic E-state index is 0.0562. The van der Waals surface area contributed by atoms with Gasteiger partial charge in [0.2, 0.25) is 15.9 Å². The van der Waals surface area contributed by atoms with Gasteiger partial charge in [-0.3, -0.25) is 4.79 Å². The van der Waals surface area contributed by atoms with E-state index in [9.17, 15) is 13.2 Å². The summed E-state index contributed by atoms with van der Waals surface area (Å²) in [6.07, 6.45) is 1.62. The summed E-state index contributed by atoms with van der Waals surface area (Å²) in [5.74, 6) is 0.703. The maximum absolute atomic E-state index is 13.5. The van der Waals surface area contributed by atoms with Crippen molar-refractivity contribution in [3.05, 3.63) is 58.0 Å². The third-order valence-corrected chi connectivity index (χ3v) is 9.46. The Kier molecular flexibility index (Phi) is 8.43. The van der Waals surface area contributed by atoms with Gasteiger partial charge in [0.15, 0.2) is 0 Å². The van der Waals surface area contributed by atoms with Gasteiger partial charge in [-0.15, -0.1) is 0 Å². The zero-order valence-corrected chi connectivity index (χ0v) is 23.0. The highest BCUT2D eigenvalue weighted by Gasteiger charge is 2.43. The van der Waals surface area contributed by atoms with E-state index in [4.69, 9.17) is 16.3 Å². The lowest BCUT2D eigenvalue weighted by atomic mass is 9.78. The average molecular weight is 585 g/mol. The van der Waals surface area contributed by atoms with E-state index in [-0.39, 0.29) is 30.4 Å². The van der Waals surface area contributed by atoms with Crippen LogP contribution in [0.4, 0.5) is 0 Å². The molecule has 0 saturated carbocycles. The number of nitrogens with zero attached hydrogens (tertiary/aromatic N) is 3. The Hall–Kier alpha value is -1.65. The summed E-state index contributed by atoms with van der Waals surface area (Å²) in [6.45, 7) is 3.95. The molecule has 0 radical (unpaired) electrons. The van der Waals surface area contributed by atoms with E-state index in [1.807, 2.05) is 4.90 Å². The number of sulfonamides is 1. The number of piperazine rings is 1. The molecule has 2 heterocycles. The number of likely N-dealkylation sites (N-methyl/N-ethyl adjacent to an activating group) is 1. The molecule has 2 saturated heterocycles. The van der Waals surface area contributed by atoms with E-state index < -0.39 is 15.4 Å². The molecule has 190 valence electrons. The number of benzene rings is 2. The molecule has 4 rings (SSSR count). The van der Waals surface area contributed by atoms with Crippen LogP contribution in [0.25, 0.3) is 0 Å². The number of halogens is 2. The molecular weight excluding hydrogens is 554 g/mol. The number of hydrogen-bond acceptors (Lipinski definition) is 5. The standard InChI is InChI=1S/C25H31BrClN3O4S/c1-28-13-15-29(16-14-28)24(31)17-25(19-34-22-7-5-21(27)6-8-22)11-2-12-30(18-25)35(32,33)23-9-3-20(26)4-10-23/h3-10H,2,11-19H2,1H3. The fourth-order valence-electron chi connectivity index (χ4n) is 4.69. The Morgan fingerprint density at radius 2 is 1.69 bits per heavy atom. The van der Waals surface area contributed by atoms with Crippen LogP contribution in [-0.2, 0) is 14.8 Å². The van der Waals surface area contributed by atoms with Crippen LogP contribution in [-0.4, -0.2) is 81.4 Å². The minimum Gasteiger partial charge on any atom is -0.493 e. The zero-order valence-electron chi connectivity index (χ0n) is 19.8. The van der Waals surface area contributed by atoms with Crippen molar-refractivity contribution in [1.82, 2.24) is 14.1 Å². The van der Waals surface area contributed by atoms with Crippen molar-refractivity contribution in [2.45, 2.75) is 24.2 Å². The second-order valence-electron chi connectivity index (χ2n) is 9.50. The topological polar surface area (TPSA) is 70.2 Å². The van der Waals surface area contributed by atoms with E-state index in [0.717, 1.165) is 17.6 Å². The molecule has 35 heavy (non-hydrogen) atoms. The average Bonchev–Trinajstić information content (AvgIpc) is 2.84. The summed E-state index contributed by atoms with van der Waals surface area (Å²) in [4.78, 5) is 17.7. The first-order chi connectivity index (χ1) is 16.7. The van der Waals surface area contributed by atoms with Crippen LogP contribution < -0.4 is 4.74 Å². The first kappa shape index (κ1) is 26.4. The number of piperidine rings is 1. The Bertz CT molecular complexity index is 1120. The second-order valence-corrected chi connectivity index (χ2v) is 12.8. The summed E-state index contributed by atoms with van der Waals surface area (Å²) in [5, 5.41) is 0.613. The zero-order chi connectivity index (χ0) is 25.1. The number of amides is 1. The summed E-state index contributed by atoms with van der Waals surface area (Å²) >= 11 is 9.37. The van der Waals surface area contributed by atoms with Crippen LogP contribution >= 0.6 is 27.5 Å². The molecule has 0 spiro atoms. The maximum atomic E-state index is 13.5. The molecule has 2 aliphatic rings. The van der Waals surface area contributed by atoms with Gasteiger partial charge in [-0.2, -0.15) is 4.31 Å². The lowest BCUT2D eigenvalue weighted by Crippen LogP contribution is -2.53. The summed E-state index contributed by atoms with van der Waals surface area (Å²) in [5.41, 5.74) is -0.624. The first-order valence-electron chi connectivity index (χ1n) is 11.8. The molecule has 1 unspecified atom stereocenters. The Morgan fingerprint density at radius 1 is 1.03 bits per heavy atom. The molecule has 0 aliphatic carbocycles. The van der Waals surface area contributed by atoms with E-state index >= 15 is 0 Å². The van der Waals surface area contributed by atoms with Crippen LogP contribution in [0.1, 0.15) is 19.3 Å². The molecule has 7 nitrogen and oxygen atoms in total. The molecule has 10 heteroatoms. The quantitative estimate of drug-likeness (QED) is 0.490. The number of ether oxygens (including phenoxy) is 1. The van der Waals surface area contributed by atoms with Gasteiger partial charge in [0.1, 0.15) is 5.75 Å². The molecule has 1 amide bonds. The SMILES string of the molecule is CN1CCN(C(=O)CC2(COc3ccc(Cl)cc3)CCCN(S(=O)(=O)c3ccc(Br)cc3)C2)CC1. The minimum atomic E-state index is -3.70. The van der Waals surface area contributed by atoms with E-state index in [2.05, 4.69) is 27.9 Å². The second kappa shape index (κ2) is 11.2. The van der Waals surface area contributed by atoms with Gasteiger partial charge in [0.05, 0.1) is 11.5 Å². The highest BCUT2D eigenvalue weighted by Crippen LogP contribution is 2.37. The highest BCUT2D eigenvalue weighted by molar-refractivity contribution is 9.10. The van der Waals surface area contributed by atoms with Crippen LogP contribution in [0.15, 0.2) is 57.9 Å². The monoisotopic (exact) mass is 583 g/mol. The van der Waals surface area contributed by atoms with Crippen molar-refractivity contribution >= 4 is 43.5 Å². The normalized spacial score (nSPS) is 22.2. The Morgan fingerprint density at radius 3 is 2.34 bits per heavy atom. The number of hydrogen-bond donors (Lipinski definition) is 0. The summed E-state index contributed by atoms with van der Waals surface area (Å²) < 4.78 is 35.4. The van der Waals surface area contributed by atoms with Crippen molar-refractivity contribution in [3.8, 4) is 5.75 Å². The van der Waals surface area contributed by atoms with Gasteiger partial charge in [-0.25, -0.2) is 8.42 Å². The molecule has 2 aromatic carbocycles. The van der Waals surface area contributed by atoms with Crippen LogP contribution in [0.3, 0.4) is 0 Å². The fraction of sp³-hybridized carbons (Fsp3) is 0.480. The molecule has 1 atom stereocenters. The van der Waals surface area contributed by atoms with Gasteiger partial charge < -0.3 is 14.5 Å². The lowest BCUT2D eigenvalue weighted by Gasteiger charge is -2.43. The fourth-order valence-corrected chi connectivity index (χ4v) is 6.67. The van der Waals surface area contributed by atoms with Crippen molar-refractivity contribution in [2.24, 2.45) is 5.41 Å². The van der Waals surface area contributed by atoms with Crippen LogP contribution in [0.5, 0.6) is 5.75 Å². The van der Waals surface area contributed by atoms with Crippen molar-refractivity contribution in [2.75, 3.05) is 52.9 Å². The van der Waals surface area contributed by atoms with Crippen molar-refractivity contribution in [3.63, 3.8) is 0 Å². The van der Waals surface area contributed by atoms with E-state index in [1.165, 1.54) is 4.31 Å². The molecule has 0 bridgehead atoms. The third-order valence-electron chi connectivity index (χ3n) is 6.82. The molecule has 2 fully saturated rings. The van der Waals surface area contributed by atoms with Crippen molar-refractivity contribution in [1.29, 1.82) is 0 Å². The van der Waals surface area contributed by atoms with Crippen LogP contribution in [0, 0.1) is 5.41 Å². The summed E-state index contributed by atoms with van der Waals surface area (Å²) in [7, 11) is -1.65. The van der Waals surface area contributed by atoms with E-state index in [0.29, 0.717) is 43.2 Å². The Balaban J connectivity index is 1.56. The smallest absolute Gasteiger partial charge is 0.243 e. The molecule has 0 N–H and O–H groups in total. The Labute approximate surface area is 221 Å².